The van der Waals surface area contributed by atoms with Crippen LogP contribution in [0.15, 0.2) is 30.5 Å². The van der Waals surface area contributed by atoms with Gasteiger partial charge in [0.15, 0.2) is 11.6 Å². The molecule has 3 rings (SSSR count). The van der Waals surface area contributed by atoms with E-state index in [1.165, 1.54) is 13.2 Å². The third kappa shape index (κ3) is 3.29. The van der Waals surface area contributed by atoms with Crippen LogP contribution in [0.3, 0.4) is 0 Å². The number of aromatic nitrogens is 2. The summed E-state index contributed by atoms with van der Waals surface area (Å²) in [5, 5.41) is 3.33. The van der Waals surface area contributed by atoms with E-state index in [9.17, 15) is 9.18 Å². The van der Waals surface area contributed by atoms with Gasteiger partial charge in [0.25, 0.3) is 0 Å². The molecule has 1 saturated heterocycles. The van der Waals surface area contributed by atoms with Crippen molar-refractivity contribution in [2.75, 3.05) is 30.4 Å². The van der Waals surface area contributed by atoms with E-state index in [0.717, 1.165) is 13.0 Å². The number of hydrogen-bond acceptors (Lipinski definition) is 6. The predicted octanol–water partition coefficient (Wildman–Crippen LogP) is 2.40. The lowest BCUT2D eigenvalue weighted by Gasteiger charge is -2.18. The summed E-state index contributed by atoms with van der Waals surface area (Å²) in [6.45, 7) is 3.14. The van der Waals surface area contributed by atoms with Gasteiger partial charge in [-0.25, -0.2) is 19.2 Å². The van der Waals surface area contributed by atoms with Crippen LogP contribution in [0.1, 0.15) is 22.5 Å². The van der Waals surface area contributed by atoms with E-state index in [1.54, 1.807) is 31.3 Å². The lowest BCUT2D eigenvalue weighted by molar-refractivity contribution is 0.0599. The van der Waals surface area contributed by atoms with Crippen molar-refractivity contribution < 1.29 is 13.9 Å². The molecular weight excluding hydrogens is 311 g/mol. The molecule has 2 aromatic heterocycles. The van der Waals surface area contributed by atoms with Gasteiger partial charge < -0.3 is 15.0 Å². The maximum Gasteiger partial charge on any atom is 0.339 e. The van der Waals surface area contributed by atoms with Crippen LogP contribution in [0, 0.1) is 12.7 Å². The minimum Gasteiger partial charge on any atom is -0.465 e. The summed E-state index contributed by atoms with van der Waals surface area (Å²) >= 11 is 0. The maximum atomic E-state index is 13.8. The van der Waals surface area contributed by atoms with Crippen LogP contribution in [0.2, 0.25) is 0 Å². The highest BCUT2D eigenvalue weighted by Crippen LogP contribution is 2.23. The molecule has 126 valence electrons. The van der Waals surface area contributed by atoms with Gasteiger partial charge in [-0.05, 0) is 37.6 Å². The first-order valence-corrected chi connectivity index (χ1v) is 7.76. The number of carbonyl (C=O) groups excluding carboxylic acids is 1. The molecule has 6 nitrogen and oxygen atoms in total. The molecule has 1 aliphatic rings. The van der Waals surface area contributed by atoms with E-state index in [2.05, 4.69) is 15.3 Å². The summed E-state index contributed by atoms with van der Waals surface area (Å²) in [6, 6.07) is 6.59. The Morgan fingerprint density at radius 2 is 2.25 bits per heavy atom. The second-order valence-corrected chi connectivity index (χ2v) is 5.71. The van der Waals surface area contributed by atoms with E-state index in [-0.39, 0.29) is 11.9 Å². The molecule has 1 fully saturated rings. The Labute approximate surface area is 139 Å². The number of anilines is 2. The zero-order chi connectivity index (χ0) is 17.1. The van der Waals surface area contributed by atoms with Crippen molar-refractivity contribution in [1.82, 2.24) is 9.97 Å². The van der Waals surface area contributed by atoms with Crippen molar-refractivity contribution >= 4 is 17.6 Å². The topological polar surface area (TPSA) is 67.3 Å². The summed E-state index contributed by atoms with van der Waals surface area (Å²) in [6.07, 6.45) is 2.45. The number of esters is 1. The lowest BCUT2D eigenvalue weighted by atomic mass is 10.2. The van der Waals surface area contributed by atoms with E-state index in [0.29, 0.717) is 29.4 Å². The van der Waals surface area contributed by atoms with Gasteiger partial charge in [0.05, 0.1) is 18.4 Å². The zero-order valence-electron chi connectivity index (χ0n) is 13.6. The number of ether oxygens (including phenoxy) is 1. The van der Waals surface area contributed by atoms with Gasteiger partial charge in [-0.1, -0.05) is 0 Å². The normalized spacial score (nSPS) is 17.0. The van der Waals surface area contributed by atoms with Crippen LogP contribution in [0.25, 0.3) is 0 Å². The molecule has 24 heavy (non-hydrogen) atoms. The quantitative estimate of drug-likeness (QED) is 0.868. The first kappa shape index (κ1) is 16.2. The number of hydrogen-bond donors (Lipinski definition) is 1. The fraction of sp³-hybridized carbons (Fsp3) is 0.353. The van der Waals surface area contributed by atoms with Crippen molar-refractivity contribution in [1.29, 1.82) is 0 Å². The Bertz CT molecular complexity index is 753. The molecule has 2 aromatic rings. The van der Waals surface area contributed by atoms with Crippen LogP contribution in [-0.2, 0) is 4.74 Å². The van der Waals surface area contributed by atoms with Crippen molar-refractivity contribution in [2.24, 2.45) is 0 Å². The van der Waals surface area contributed by atoms with Crippen molar-refractivity contribution in [3.05, 3.63) is 47.5 Å². The Morgan fingerprint density at radius 1 is 1.42 bits per heavy atom. The summed E-state index contributed by atoms with van der Waals surface area (Å²) < 4.78 is 18.5. The molecule has 0 radical (unpaired) electrons. The first-order chi connectivity index (χ1) is 11.6. The molecule has 0 bridgehead atoms. The number of nitrogens with zero attached hydrogens (tertiary/aromatic N) is 3. The molecule has 0 saturated carbocycles. The predicted molar refractivity (Wildman–Crippen MR) is 88.7 cm³/mol. The Kier molecular flexibility index (Phi) is 4.59. The molecule has 0 amide bonds. The molecule has 3 heterocycles. The van der Waals surface area contributed by atoms with Gasteiger partial charge in [-0.15, -0.1) is 0 Å². The monoisotopic (exact) mass is 330 g/mol. The van der Waals surface area contributed by atoms with Crippen LogP contribution >= 0.6 is 0 Å². The van der Waals surface area contributed by atoms with Crippen LogP contribution < -0.4 is 10.2 Å². The highest BCUT2D eigenvalue weighted by molar-refractivity contribution is 5.90. The number of methoxy groups -OCH3 is 1. The molecule has 1 aliphatic heterocycles. The lowest BCUT2D eigenvalue weighted by Crippen LogP contribution is -2.27. The number of rotatable bonds is 4. The van der Waals surface area contributed by atoms with Crippen LogP contribution in [-0.4, -0.2) is 42.2 Å². The average molecular weight is 330 g/mol. The highest BCUT2D eigenvalue weighted by Gasteiger charge is 2.25. The Hall–Kier alpha value is -2.70. The van der Waals surface area contributed by atoms with E-state index in [1.807, 2.05) is 4.90 Å². The van der Waals surface area contributed by atoms with Gasteiger partial charge in [0.1, 0.15) is 5.82 Å². The van der Waals surface area contributed by atoms with Gasteiger partial charge in [0.2, 0.25) is 0 Å². The molecule has 0 spiro atoms. The second kappa shape index (κ2) is 6.82. The molecular formula is C17H19FN4O2. The molecule has 7 heteroatoms. The summed E-state index contributed by atoms with van der Waals surface area (Å²) in [4.78, 5) is 22.0. The summed E-state index contributed by atoms with van der Waals surface area (Å²) in [7, 11) is 1.35. The van der Waals surface area contributed by atoms with Crippen molar-refractivity contribution in [2.45, 2.75) is 19.4 Å². The van der Waals surface area contributed by atoms with Crippen molar-refractivity contribution in [3.63, 3.8) is 0 Å². The smallest absolute Gasteiger partial charge is 0.339 e. The molecule has 0 aliphatic carbocycles. The third-order valence-corrected chi connectivity index (χ3v) is 4.07. The third-order valence-electron chi connectivity index (χ3n) is 4.07. The van der Waals surface area contributed by atoms with E-state index < -0.39 is 5.97 Å². The second-order valence-electron chi connectivity index (χ2n) is 5.71. The van der Waals surface area contributed by atoms with Gasteiger partial charge in [-0.3, -0.25) is 0 Å². The Balaban J connectivity index is 1.67. The van der Waals surface area contributed by atoms with Crippen molar-refractivity contribution in [3.8, 4) is 0 Å². The summed E-state index contributed by atoms with van der Waals surface area (Å²) in [5.41, 5.74) is 1.06. The maximum absolute atomic E-state index is 13.8. The zero-order valence-corrected chi connectivity index (χ0v) is 13.6. The fourth-order valence-corrected chi connectivity index (χ4v) is 2.86. The largest absolute Gasteiger partial charge is 0.465 e. The number of carbonyl (C=O) groups is 1. The summed E-state index contributed by atoms with van der Waals surface area (Å²) in [5.74, 6) is 0.360. The van der Waals surface area contributed by atoms with Crippen LogP contribution in [0.5, 0.6) is 0 Å². The van der Waals surface area contributed by atoms with E-state index >= 15 is 0 Å². The number of pyridine rings is 2. The SMILES string of the molecule is COC(=O)c1ccc(N[C@H]2CCN(c3ncccc3F)C2)nc1C. The molecule has 0 aromatic carbocycles. The molecule has 1 N–H and O–H groups in total. The molecule has 0 unspecified atom stereocenters. The minimum atomic E-state index is -0.399. The highest BCUT2D eigenvalue weighted by atomic mass is 19.1. The minimum absolute atomic E-state index is 0.141. The Morgan fingerprint density at radius 3 is 2.96 bits per heavy atom. The van der Waals surface area contributed by atoms with Gasteiger partial charge in [0, 0.05) is 25.3 Å². The number of halogens is 1. The fourth-order valence-electron chi connectivity index (χ4n) is 2.86. The first-order valence-electron chi connectivity index (χ1n) is 7.76. The standard InChI is InChI=1S/C17H19FN4O2/c1-11-13(17(23)24-2)5-6-15(20-11)21-12-7-9-22(10-12)16-14(18)4-3-8-19-16/h3-6,8,12H,7,9-10H2,1-2H3,(H,20,21)/t12-/m0/s1. The number of nitrogens with one attached hydrogen (secondary N) is 1. The molecule has 1 atom stereocenters. The average Bonchev–Trinajstić information content (AvgIpc) is 3.03. The van der Waals surface area contributed by atoms with E-state index in [4.69, 9.17) is 4.74 Å². The number of aryl methyl sites for hydroxylation is 1. The van der Waals surface area contributed by atoms with Gasteiger partial charge >= 0.3 is 5.97 Å². The van der Waals surface area contributed by atoms with Crippen LogP contribution in [0.4, 0.5) is 16.0 Å². The van der Waals surface area contributed by atoms with Gasteiger partial charge in [-0.2, -0.15) is 0 Å².